The maximum absolute atomic E-state index is 8.50. The van der Waals surface area contributed by atoms with Gasteiger partial charge in [0.05, 0.1) is 18.5 Å². The fourth-order valence-electron chi connectivity index (χ4n) is 1.02. The molecule has 0 aliphatic carbocycles. The molecule has 1 aromatic heterocycles. The van der Waals surface area contributed by atoms with Gasteiger partial charge in [0.2, 0.25) is 0 Å². The van der Waals surface area contributed by atoms with E-state index in [0.29, 0.717) is 6.42 Å². The largest absolute Gasteiger partial charge is 0.322 e. The van der Waals surface area contributed by atoms with Gasteiger partial charge in [0.1, 0.15) is 0 Å². The molecule has 1 rings (SSSR count). The average molecular weight is 163 g/mol. The molecule has 3 heteroatoms. The van der Waals surface area contributed by atoms with E-state index in [2.05, 4.69) is 18.4 Å². The molecule has 0 fully saturated rings. The molecule has 0 saturated carbocycles. The highest BCUT2D eigenvalue weighted by atomic mass is 15.4. The smallest absolute Gasteiger partial charge is 0.0643 e. The topological polar surface area (TPSA) is 40.8 Å². The lowest BCUT2D eigenvalue weighted by molar-refractivity contribution is 0.630. The van der Waals surface area contributed by atoms with Crippen LogP contribution in [-0.4, -0.2) is 10.7 Å². The Morgan fingerprint density at radius 1 is 1.50 bits per heavy atom. The third kappa shape index (κ3) is 2.31. The molecule has 0 radical (unpaired) electrons. The zero-order valence-electron chi connectivity index (χ0n) is 7.20. The van der Waals surface area contributed by atoms with Crippen LogP contribution in [0.2, 0.25) is 0 Å². The lowest BCUT2D eigenvalue weighted by Crippen LogP contribution is -2.25. The summed E-state index contributed by atoms with van der Waals surface area (Å²) in [6.45, 7) is 2.07. The van der Waals surface area contributed by atoms with Gasteiger partial charge in [0, 0.05) is 12.4 Å². The first-order valence-corrected chi connectivity index (χ1v) is 4.13. The second-order valence-corrected chi connectivity index (χ2v) is 2.69. The van der Waals surface area contributed by atoms with Gasteiger partial charge in [0.25, 0.3) is 0 Å². The maximum atomic E-state index is 8.50. The van der Waals surface area contributed by atoms with Crippen LogP contribution in [0.5, 0.6) is 0 Å². The third-order valence-corrected chi connectivity index (χ3v) is 1.77. The fourth-order valence-corrected chi connectivity index (χ4v) is 1.02. The lowest BCUT2D eigenvalue weighted by Gasteiger charge is -2.15. The molecule has 0 amide bonds. The van der Waals surface area contributed by atoms with Crippen LogP contribution in [0.1, 0.15) is 19.8 Å². The minimum atomic E-state index is 0.252. The number of hydrogen-bond donors (Lipinski definition) is 1. The van der Waals surface area contributed by atoms with Crippen molar-refractivity contribution in [3.8, 4) is 6.07 Å². The van der Waals surface area contributed by atoms with Crippen LogP contribution in [0.4, 0.5) is 0 Å². The van der Waals surface area contributed by atoms with Gasteiger partial charge in [-0.25, -0.2) is 0 Å². The monoisotopic (exact) mass is 163 g/mol. The molecule has 64 valence electrons. The van der Waals surface area contributed by atoms with Crippen molar-refractivity contribution in [2.75, 3.05) is 5.43 Å². The summed E-state index contributed by atoms with van der Waals surface area (Å²) in [6, 6.07) is 6.31. The van der Waals surface area contributed by atoms with E-state index in [1.165, 1.54) is 0 Å². The van der Waals surface area contributed by atoms with E-state index in [9.17, 15) is 0 Å². The van der Waals surface area contributed by atoms with Crippen LogP contribution in [-0.2, 0) is 0 Å². The van der Waals surface area contributed by atoms with Crippen LogP contribution in [0.25, 0.3) is 0 Å². The van der Waals surface area contributed by atoms with E-state index in [1.807, 2.05) is 29.2 Å². The van der Waals surface area contributed by atoms with E-state index in [0.717, 1.165) is 6.42 Å². The van der Waals surface area contributed by atoms with E-state index in [4.69, 9.17) is 5.26 Å². The number of nitrogens with one attached hydrogen (secondary N) is 1. The van der Waals surface area contributed by atoms with Crippen molar-refractivity contribution in [3.05, 3.63) is 24.5 Å². The van der Waals surface area contributed by atoms with Crippen molar-refractivity contribution in [1.82, 2.24) is 4.68 Å². The summed E-state index contributed by atoms with van der Waals surface area (Å²) >= 11 is 0. The summed E-state index contributed by atoms with van der Waals surface area (Å²) in [4.78, 5) is 0. The van der Waals surface area contributed by atoms with Crippen LogP contribution in [0, 0.1) is 11.3 Å². The summed E-state index contributed by atoms with van der Waals surface area (Å²) in [5.41, 5.74) is 3.20. The Morgan fingerprint density at radius 3 is 2.67 bits per heavy atom. The van der Waals surface area contributed by atoms with E-state index in [-0.39, 0.29) is 6.04 Å². The number of aromatic nitrogens is 1. The Bertz CT molecular complexity index is 245. The van der Waals surface area contributed by atoms with E-state index in [1.54, 1.807) is 0 Å². The molecule has 0 bridgehead atoms. The van der Waals surface area contributed by atoms with Gasteiger partial charge in [-0.05, 0) is 18.6 Å². The standard InChI is InChI=1S/C9H13N3/c1-2-9(5-6-10)11-12-7-3-4-8-12/h3-4,7-9,11H,2,5H2,1H3. The molecular weight excluding hydrogens is 150 g/mol. The van der Waals surface area contributed by atoms with Gasteiger partial charge >= 0.3 is 0 Å². The number of nitrogens with zero attached hydrogens (tertiary/aromatic N) is 2. The summed E-state index contributed by atoms with van der Waals surface area (Å²) < 4.78 is 1.88. The van der Waals surface area contributed by atoms with Crippen molar-refractivity contribution >= 4 is 0 Å². The molecule has 0 aliphatic rings. The quantitative estimate of drug-likeness (QED) is 0.734. The molecule has 1 N–H and O–H groups in total. The van der Waals surface area contributed by atoms with Crippen molar-refractivity contribution in [1.29, 1.82) is 5.26 Å². The second-order valence-electron chi connectivity index (χ2n) is 2.69. The summed E-state index contributed by atoms with van der Waals surface area (Å²) in [6.07, 6.45) is 5.38. The van der Waals surface area contributed by atoms with Crippen molar-refractivity contribution < 1.29 is 0 Å². The molecule has 0 saturated heterocycles. The predicted molar refractivity (Wildman–Crippen MR) is 48.1 cm³/mol. The van der Waals surface area contributed by atoms with Gasteiger partial charge in [-0.1, -0.05) is 6.92 Å². The molecule has 12 heavy (non-hydrogen) atoms. The maximum Gasteiger partial charge on any atom is 0.0643 e. The Hall–Kier alpha value is -1.43. The number of nitriles is 1. The predicted octanol–water partition coefficient (Wildman–Crippen LogP) is 1.72. The Morgan fingerprint density at radius 2 is 2.17 bits per heavy atom. The summed E-state index contributed by atoms with van der Waals surface area (Å²) in [5, 5.41) is 8.50. The minimum absolute atomic E-state index is 0.252. The molecule has 1 heterocycles. The molecule has 1 aromatic rings. The Kier molecular flexibility index (Phi) is 3.21. The van der Waals surface area contributed by atoms with Crippen LogP contribution >= 0.6 is 0 Å². The van der Waals surface area contributed by atoms with Crippen LogP contribution in [0.3, 0.4) is 0 Å². The fraction of sp³-hybridized carbons (Fsp3) is 0.444. The van der Waals surface area contributed by atoms with Gasteiger partial charge in [-0.2, -0.15) is 5.26 Å². The highest BCUT2D eigenvalue weighted by Crippen LogP contribution is 1.98. The molecule has 0 aromatic carbocycles. The number of hydrogen-bond acceptors (Lipinski definition) is 2. The first-order valence-electron chi connectivity index (χ1n) is 4.13. The van der Waals surface area contributed by atoms with E-state index < -0.39 is 0 Å². The molecule has 1 unspecified atom stereocenters. The second kappa shape index (κ2) is 4.45. The third-order valence-electron chi connectivity index (χ3n) is 1.77. The SMILES string of the molecule is CCC(CC#N)Nn1cccc1. The summed E-state index contributed by atoms with van der Waals surface area (Å²) in [5.74, 6) is 0. The van der Waals surface area contributed by atoms with Gasteiger partial charge in [-0.15, -0.1) is 0 Å². The Labute approximate surface area is 72.6 Å². The molecule has 1 atom stereocenters. The number of rotatable bonds is 4. The van der Waals surface area contributed by atoms with Crippen molar-refractivity contribution in [2.24, 2.45) is 0 Å². The van der Waals surface area contributed by atoms with Crippen LogP contribution < -0.4 is 5.43 Å². The molecule has 0 spiro atoms. The van der Waals surface area contributed by atoms with Gasteiger partial charge < -0.3 is 5.43 Å². The van der Waals surface area contributed by atoms with Crippen LogP contribution in [0.15, 0.2) is 24.5 Å². The average Bonchev–Trinajstić information content (AvgIpc) is 2.56. The first-order chi connectivity index (χ1) is 5.86. The molecular formula is C9H13N3. The zero-order valence-corrected chi connectivity index (χ0v) is 7.20. The van der Waals surface area contributed by atoms with Gasteiger partial charge in [0.15, 0.2) is 0 Å². The van der Waals surface area contributed by atoms with Crippen molar-refractivity contribution in [2.45, 2.75) is 25.8 Å². The highest BCUT2D eigenvalue weighted by Gasteiger charge is 2.03. The lowest BCUT2D eigenvalue weighted by atomic mass is 10.2. The minimum Gasteiger partial charge on any atom is -0.322 e. The zero-order chi connectivity index (χ0) is 8.81. The molecule has 0 aliphatic heterocycles. The Balaban J connectivity index is 2.44. The van der Waals surface area contributed by atoms with Crippen molar-refractivity contribution in [3.63, 3.8) is 0 Å². The normalized spacial score (nSPS) is 12.0. The molecule has 3 nitrogen and oxygen atoms in total. The van der Waals surface area contributed by atoms with Gasteiger partial charge in [-0.3, -0.25) is 4.68 Å². The summed E-state index contributed by atoms with van der Waals surface area (Å²) in [7, 11) is 0. The highest BCUT2D eigenvalue weighted by molar-refractivity contribution is 4.96. The first kappa shape index (κ1) is 8.66. The van der Waals surface area contributed by atoms with E-state index >= 15 is 0 Å².